The summed E-state index contributed by atoms with van der Waals surface area (Å²) >= 11 is 0. The number of amides is 1. The van der Waals surface area contributed by atoms with Crippen molar-refractivity contribution in [2.75, 3.05) is 5.32 Å². The number of hydrogen-bond acceptors (Lipinski definition) is 4. The third kappa shape index (κ3) is 5.07. The van der Waals surface area contributed by atoms with Gasteiger partial charge in [0.1, 0.15) is 6.33 Å². The number of rotatable bonds is 5. The molecule has 1 aromatic heterocycles. The average Bonchev–Trinajstić information content (AvgIpc) is 2.18. The number of carbonyl (C=O) groups excluding carboxylic acids is 1. The minimum absolute atomic E-state index is 0.0227. The van der Waals surface area contributed by atoms with E-state index in [1.165, 1.54) is 6.33 Å². The smallest absolute Gasteiger partial charge is 0.224 e. The molecule has 0 aromatic carbocycles. The van der Waals surface area contributed by atoms with Crippen molar-refractivity contribution in [1.29, 1.82) is 0 Å². The van der Waals surface area contributed by atoms with Crippen LogP contribution in [0.3, 0.4) is 0 Å². The maximum Gasteiger partial charge on any atom is 0.224 e. The summed E-state index contributed by atoms with van der Waals surface area (Å²) in [5.74, 6) is -0.0227. The standard InChI is InChI=1S/C10H16N4O/c1-8(11)3-2-4-10(15)14-9-5-12-7-13-6-9/h5-8H,2-4,11H2,1H3,(H,14,15). The molecular weight excluding hydrogens is 192 g/mol. The second kappa shape index (κ2) is 6.08. The average molecular weight is 208 g/mol. The van der Waals surface area contributed by atoms with E-state index in [1.54, 1.807) is 12.4 Å². The van der Waals surface area contributed by atoms with E-state index in [-0.39, 0.29) is 11.9 Å². The van der Waals surface area contributed by atoms with E-state index in [0.29, 0.717) is 12.1 Å². The first-order valence-corrected chi connectivity index (χ1v) is 4.99. The molecule has 1 aromatic rings. The first-order valence-electron chi connectivity index (χ1n) is 4.99. The molecule has 5 nitrogen and oxygen atoms in total. The molecule has 0 spiro atoms. The lowest BCUT2D eigenvalue weighted by Crippen LogP contribution is -2.16. The molecule has 1 amide bonds. The van der Waals surface area contributed by atoms with Crippen LogP contribution in [0.4, 0.5) is 5.69 Å². The SMILES string of the molecule is CC(N)CCCC(=O)Nc1cncnc1. The number of nitrogens with one attached hydrogen (secondary N) is 1. The molecule has 0 fully saturated rings. The Hall–Kier alpha value is -1.49. The third-order valence-electron chi connectivity index (χ3n) is 1.91. The van der Waals surface area contributed by atoms with Gasteiger partial charge in [0.2, 0.25) is 5.91 Å². The van der Waals surface area contributed by atoms with Crippen LogP contribution in [0.1, 0.15) is 26.2 Å². The maximum absolute atomic E-state index is 11.4. The van der Waals surface area contributed by atoms with Crippen molar-refractivity contribution >= 4 is 11.6 Å². The Kier molecular flexibility index (Phi) is 4.70. The van der Waals surface area contributed by atoms with Gasteiger partial charge in [-0.05, 0) is 19.8 Å². The molecule has 15 heavy (non-hydrogen) atoms. The van der Waals surface area contributed by atoms with Crippen molar-refractivity contribution in [3.63, 3.8) is 0 Å². The molecule has 1 atom stereocenters. The van der Waals surface area contributed by atoms with Crippen LogP contribution in [0.15, 0.2) is 18.7 Å². The zero-order valence-electron chi connectivity index (χ0n) is 8.81. The van der Waals surface area contributed by atoms with Gasteiger partial charge in [-0.3, -0.25) is 4.79 Å². The molecule has 5 heteroatoms. The van der Waals surface area contributed by atoms with Crippen molar-refractivity contribution in [1.82, 2.24) is 9.97 Å². The number of nitrogens with two attached hydrogens (primary N) is 1. The molecule has 0 saturated heterocycles. The number of carbonyl (C=O) groups is 1. The van der Waals surface area contributed by atoms with Crippen LogP contribution in [-0.4, -0.2) is 21.9 Å². The van der Waals surface area contributed by atoms with Gasteiger partial charge in [0.25, 0.3) is 0 Å². The van der Waals surface area contributed by atoms with Crippen LogP contribution in [0.25, 0.3) is 0 Å². The van der Waals surface area contributed by atoms with Gasteiger partial charge in [0, 0.05) is 12.5 Å². The highest BCUT2D eigenvalue weighted by molar-refractivity contribution is 5.90. The van der Waals surface area contributed by atoms with Crippen LogP contribution in [0.5, 0.6) is 0 Å². The Morgan fingerprint density at radius 2 is 2.20 bits per heavy atom. The highest BCUT2D eigenvalue weighted by Gasteiger charge is 2.03. The zero-order valence-corrected chi connectivity index (χ0v) is 8.81. The summed E-state index contributed by atoms with van der Waals surface area (Å²) < 4.78 is 0. The Bertz CT molecular complexity index is 300. The summed E-state index contributed by atoms with van der Waals surface area (Å²) in [6.07, 6.45) is 6.70. The summed E-state index contributed by atoms with van der Waals surface area (Å²) in [5.41, 5.74) is 6.21. The first kappa shape index (κ1) is 11.6. The molecule has 1 unspecified atom stereocenters. The van der Waals surface area contributed by atoms with Gasteiger partial charge in [-0.15, -0.1) is 0 Å². The second-order valence-corrected chi connectivity index (χ2v) is 3.54. The fourth-order valence-electron chi connectivity index (χ4n) is 1.17. The van der Waals surface area contributed by atoms with Gasteiger partial charge < -0.3 is 11.1 Å². The molecule has 1 heterocycles. The van der Waals surface area contributed by atoms with Gasteiger partial charge in [0.15, 0.2) is 0 Å². The quantitative estimate of drug-likeness (QED) is 0.754. The predicted octanol–water partition coefficient (Wildman–Crippen LogP) is 0.933. The number of aromatic nitrogens is 2. The van der Waals surface area contributed by atoms with Gasteiger partial charge in [-0.1, -0.05) is 0 Å². The molecule has 0 aliphatic heterocycles. The van der Waals surface area contributed by atoms with Crippen molar-refractivity contribution in [3.8, 4) is 0 Å². The van der Waals surface area contributed by atoms with Gasteiger partial charge in [-0.25, -0.2) is 9.97 Å². The van der Waals surface area contributed by atoms with Crippen molar-refractivity contribution in [2.24, 2.45) is 5.73 Å². The van der Waals surface area contributed by atoms with E-state index in [1.807, 2.05) is 6.92 Å². The van der Waals surface area contributed by atoms with E-state index in [4.69, 9.17) is 5.73 Å². The normalized spacial score (nSPS) is 12.1. The molecule has 0 saturated carbocycles. The molecule has 0 radical (unpaired) electrons. The van der Waals surface area contributed by atoms with Crippen molar-refractivity contribution in [3.05, 3.63) is 18.7 Å². The fraction of sp³-hybridized carbons (Fsp3) is 0.500. The number of anilines is 1. The largest absolute Gasteiger partial charge is 0.328 e. The van der Waals surface area contributed by atoms with Gasteiger partial charge >= 0.3 is 0 Å². The summed E-state index contributed by atoms with van der Waals surface area (Å²) in [6, 6.07) is 0.151. The lowest BCUT2D eigenvalue weighted by molar-refractivity contribution is -0.116. The van der Waals surface area contributed by atoms with E-state index in [9.17, 15) is 4.79 Å². The molecule has 0 bridgehead atoms. The van der Waals surface area contributed by atoms with Crippen LogP contribution in [0, 0.1) is 0 Å². The van der Waals surface area contributed by atoms with Gasteiger partial charge in [-0.2, -0.15) is 0 Å². The predicted molar refractivity (Wildman–Crippen MR) is 58.2 cm³/mol. The molecule has 0 aliphatic carbocycles. The molecule has 3 N–H and O–H groups in total. The first-order chi connectivity index (χ1) is 7.18. The lowest BCUT2D eigenvalue weighted by atomic mass is 10.1. The van der Waals surface area contributed by atoms with Crippen LogP contribution < -0.4 is 11.1 Å². The molecular formula is C10H16N4O. The van der Waals surface area contributed by atoms with E-state index in [0.717, 1.165) is 12.8 Å². The fourth-order valence-corrected chi connectivity index (χ4v) is 1.17. The summed E-state index contributed by atoms with van der Waals surface area (Å²) in [7, 11) is 0. The van der Waals surface area contributed by atoms with Crippen LogP contribution in [-0.2, 0) is 4.79 Å². The lowest BCUT2D eigenvalue weighted by Gasteiger charge is -2.05. The maximum atomic E-state index is 11.4. The van der Waals surface area contributed by atoms with Crippen molar-refractivity contribution in [2.45, 2.75) is 32.2 Å². The Morgan fingerprint density at radius 3 is 2.80 bits per heavy atom. The third-order valence-corrected chi connectivity index (χ3v) is 1.91. The number of nitrogens with zero attached hydrogens (tertiary/aromatic N) is 2. The molecule has 0 aliphatic rings. The zero-order chi connectivity index (χ0) is 11.1. The van der Waals surface area contributed by atoms with Crippen molar-refractivity contribution < 1.29 is 4.79 Å². The van der Waals surface area contributed by atoms with Gasteiger partial charge in [0.05, 0.1) is 18.1 Å². The highest BCUT2D eigenvalue weighted by atomic mass is 16.1. The summed E-state index contributed by atoms with van der Waals surface area (Å²) in [4.78, 5) is 19.0. The molecule has 1 rings (SSSR count). The highest BCUT2D eigenvalue weighted by Crippen LogP contribution is 2.04. The monoisotopic (exact) mass is 208 g/mol. The summed E-state index contributed by atoms with van der Waals surface area (Å²) in [6.45, 7) is 1.93. The van der Waals surface area contributed by atoms with E-state index in [2.05, 4.69) is 15.3 Å². The minimum Gasteiger partial charge on any atom is -0.328 e. The summed E-state index contributed by atoms with van der Waals surface area (Å²) in [5, 5.41) is 2.71. The Morgan fingerprint density at radius 1 is 1.53 bits per heavy atom. The Labute approximate surface area is 89.1 Å². The van der Waals surface area contributed by atoms with Crippen LogP contribution >= 0.6 is 0 Å². The molecule has 82 valence electrons. The Balaban J connectivity index is 2.25. The second-order valence-electron chi connectivity index (χ2n) is 3.54. The topological polar surface area (TPSA) is 80.9 Å². The number of hydrogen-bond donors (Lipinski definition) is 2. The minimum atomic E-state index is -0.0227. The van der Waals surface area contributed by atoms with Crippen LogP contribution in [0.2, 0.25) is 0 Å². The van der Waals surface area contributed by atoms with E-state index >= 15 is 0 Å². The van der Waals surface area contributed by atoms with E-state index < -0.39 is 0 Å².